The van der Waals surface area contributed by atoms with E-state index in [1.165, 1.54) is 0 Å². The van der Waals surface area contributed by atoms with Crippen LogP contribution in [0.3, 0.4) is 0 Å². The molecule has 0 saturated carbocycles. The number of para-hydroxylation sites is 1. The minimum absolute atomic E-state index is 0.00998. The lowest BCUT2D eigenvalue weighted by molar-refractivity contribution is 0.278. The summed E-state index contributed by atoms with van der Waals surface area (Å²) in [5.41, 5.74) is 6.07. The highest BCUT2D eigenvalue weighted by Gasteiger charge is 2.03. The maximum absolute atomic E-state index is 9.25. The first-order valence-corrected chi connectivity index (χ1v) is 11.3. The van der Waals surface area contributed by atoms with Crippen LogP contribution in [0, 0.1) is 0 Å². The Labute approximate surface area is 199 Å². The van der Waals surface area contributed by atoms with Gasteiger partial charge in [0.25, 0.3) is 0 Å². The summed E-state index contributed by atoms with van der Waals surface area (Å²) in [6.45, 7) is 0.918. The second-order valence-corrected chi connectivity index (χ2v) is 8.10. The number of hydrogen-bond acceptors (Lipinski definition) is 4. The fourth-order valence-electron chi connectivity index (χ4n) is 3.78. The average molecular weight is 448 g/mol. The Kier molecular flexibility index (Phi) is 6.50. The Morgan fingerprint density at radius 3 is 2.12 bits per heavy atom. The Morgan fingerprint density at radius 2 is 1.32 bits per heavy atom. The van der Waals surface area contributed by atoms with E-state index < -0.39 is 0 Å². The molecule has 1 aromatic heterocycles. The number of ether oxygens (including phenoxy) is 2. The number of aliphatic hydroxyl groups excluding tert-OH is 1. The largest absolute Gasteiger partial charge is 0.489 e. The molecular weight excluding hydrogens is 422 g/mol. The summed E-state index contributed by atoms with van der Waals surface area (Å²) in [7, 11) is 0. The maximum atomic E-state index is 9.25. The Morgan fingerprint density at radius 1 is 0.588 bits per heavy atom. The van der Waals surface area contributed by atoms with Crippen molar-refractivity contribution >= 4 is 10.9 Å². The molecule has 4 heteroatoms. The van der Waals surface area contributed by atoms with Gasteiger partial charge in [0, 0.05) is 5.39 Å². The summed E-state index contributed by atoms with van der Waals surface area (Å²) >= 11 is 0. The van der Waals surface area contributed by atoms with Gasteiger partial charge in [-0.1, -0.05) is 72.8 Å². The van der Waals surface area contributed by atoms with Crippen molar-refractivity contribution in [2.45, 2.75) is 19.8 Å². The Balaban J connectivity index is 1.18. The standard InChI is InChI=1S/C30H25NO3/c32-19-23-4-3-6-29(18-23)33-20-22-8-10-24(11-9-22)25-13-16-28(17-14-25)34-21-27-15-12-26-5-1-2-7-30(26)31-27/h1-18,32H,19-21H2. The number of hydrogen-bond donors (Lipinski definition) is 1. The van der Waals surface area contributed by atoms with E-state index in [-0.39, 0.29) is 6.61 Å². The minimum Gasteiger partial charge on any atom is -0.489 e. The van der Waals surface area contributed by atoms with Crippen molar-refractivity contribution in [3.8, 4) is 22.6 Å². The second-order valence-electron chi connectivity index (χ2n) is 8.10. The average Bonchev–Trinajstić information content (AvgIpc) is 2.91. The molecule has 0 spiro atoms. The summed E-state index contributed by atoms with van der Waals surface area (Å²) in [5, 5.41) is 10.4. The number of pyridine rings is 1. The van der Waals surface area contributed by atoms with E-state index in [0.717, 1.165) is 50.3 Å². The van der Waals surface area contributed by atoms with Gasteiger partial charge in [-0.3, -0.25) is 0 Å². The highest BCUT2D eigenvalue weighted by molar-refractivity contribution is 5.78. The maximum Gasteiger partial charge on any atom is 0.130 e. The van der Waals surface area contributed by atoms with Crippen molar-refractivity contribution < 1.29 is 14.6 Å². The van der Waals surface area contributed by atoms with Crippen LogP contribution in [-0.2, 0) is 19.8 Å². The summed E-state index contributed by atoms with van der Waals surface area (Å²) in [6.07, 6.45) is 0. The van der Waals surface area contributed by atoms with Gasteiger partial charge in [-0.05, 0) is 58.7 Å². The summed E-state index contributed by atoms with van der Waals surface area (Å²) in [5.74, 6) is 1.57. The molecule has 168 valence electrons. The van der Waals surface area contributed by atoms with E-state index in [1.807, 2.05) is 60.7 Å². The zero-order valence-corrected chi connectivity index (χ0v) is 18.7. The monoisotopic (exact) mass is 447 g/mol. The number of fused-ring (bicyclic) bond motifs is 1. The molecule has 1 heterocycles. The molecule has 1 N–H and O–H groups in total. The van der Waals surface area contributed by atoms with Crippen LogP contribution in [0.25, 0.3) is 22.0 Å². The molecule has 4 aromatic carbocycles. The third-order valence-corrected chi connectivity index (χ3v) is 5.67. The van der Waals surface area contributed by atoms with Crippen LogP contribution in [-0.4, -0.2) is 10.1 Å². The van der Waals surface area contributed by atoms with Crippen LogP contribution in [0.15, 0.2) is 109 Å². The van der Waals surface area contributed by atoms with Gasteiger partial charge in [0.15, 0.2) is 0 Å². The molecule has 0 atom stereocenters. The lowest BCUT2D eigenvalue weighted by Gasteiger charge is -2.10. The van der Waals surface area contributed by atoms with Gasteiger partial charge in [-0.2, -0.15) is 0 Å². The predicted octanol–water partition coefficient (Wildman–Crippen LogP) is 6.55. The van der Waals surface area contributed by atoms with Crippen molar-refractivity contribution in [3.05, 3.63) is 126 Å². The van der Waals surface area contributed by atoms with Crippen molar-refractivity contribution in [2.24, 2.45) is 0 Å². The van der Waals surface area contributed by atoms with E-state index in [1.54, 1.807) is 0 Å². The molecule has 0 unspecified atom stereocenters. The molecule has 0 fully saturated rings. The first kappa shape index (κ1) is 21.7. The molecule has 0 radical (unpaired) electrons. The highest BCUT2D eigenvalue weighted by atomic mass is 16.5. The van der Waals surface area contributed by atoms with Crippen LogP contribution in [0.2, 0.25) is 0 Å². The number of rotatable bonds is 8. The van der Waals surface area contributed by atoms with Gasteiger partial charge in [-0.15, -0.1) is 0 Å². The first-order chi connectivity index (χ1) is 16.8. The number of aromatic nitrogens is 1. The zero-order valence-electron chi connectivity index (χ0n) is 18.7. The molecule has 0 aliphatic carbocycles. The smallest absolute Gasteiger partial charge is 0.130 e. The molecule has 0 bridgehead atoms. The minimum atomic E-state index is 0.00998. The predicted molar refractivity (Wildman–Crippen MR) is 135 cm³/mol. The van der Waals surface area contributed by atoms with E-state index >= 15 is 0 Å². The van der Waals surface area contributed by atoms with Crippen LogP contribution >= 0.6 is 0 Å². The molecule has 0 saturated heterocycles. The molecular formula is C30H25NO3. The lowest BCUT2D eigenvalue weighted by Crippen LogP contribution is -1.98. The number of nitrogens with zero attached hydrogens (tertiary/aromatic N) is 1. The van der Waals surface area contributed by atoms with Crippen LogP contribution in [0.5, 0.6) is 11.5 Å². The Hall–Kier alpha value is -4.15. The van der Waals surface area contributed by atoms with E-state index in [4.69, 9.17) is 9.47 Å². The SMILES string of the molecule is OCc1cccc(OCc2ccc(-c3ccc(OCc4ccc5ccccc5n4)cc3)cc2)c1. The third kappa shape index (κ3) is 5.25. The van der Waals surface area contributed by atoms with Crippen molar-refractivity contribution in [1.82, 2.24) is 4.98 Å². The van der Waals surface area contributed by atoms with Gasteiger partial charge in [-0.25, -0.2) is 4.98 Å². The van der Waals surface area contributed by atoms with Crippen LogP contribution < -0.4 is 9.47 Å². The number of benzene rings is 4. The van der Waals surface area contributed by atoms with Gasteiger partial charge in [0.1, 0.15) is 24.7 Å². The summed E-state index contributed by atoms with van der Waals surface area (Å²) < 4.78 is 11.8. The quantitative estimate of drug-likeness (QED) is 0.293. The topological polar surface area (TPSA) is 51.6 Å². The van der Waals surface area contributed by atoms with Gasteiger partial charge >= 0.3 is 0 Å². The normalized spacial score (nSPS) is 10.9. The van der Waals surface area contributed by atoms with E-state index in [0.29, 0.717) is 13.2 Å². The van der Waals surface area contributed by atoms with Crippen LogP contribution in [0.1, 0.15) is 16.8 Å². The number of aliphatic hydroxyl groups is 1. The Bertz CT molecular complexity index is 1380. The highest BCUT2D eigenvalue weighted by Crippen LogP contribution is 2.24. The van der Waals surface area contributed by atoms with Gasteiger partial charge in [0.05, 0.1) is 17.8 Å². The molecule has 0 aliphatic rings. The molecule has 5 rings (SSSR count). The summed E-state index contributed by atoms with van der Waals surface area (Å²) in [6, 6.07) is 36.1. The van der Waals surface area contributed by atoms with Gasteiger partial charge < -0.3 is 14.6 Å². The van der Waals surface area contributed by atoms with E-state index in [2.05, 4.69) is 53.5 Å². The fraction of sp³-hybridized carbons (Fsp3) is 0.100. The van der Waals surface area contributed by atoms with Gasteiger partial charge in [0.2, 0.25) is 0 Å². The van der Waals surface area contributed by atoms with Crippen molar-refractivity contribution in [3.63, 3.8) is 0 Å². The van der Waals surface area contributed by atoms with E-state index in [9.17, 15) is 5.11 Å². The zero-order chi connectivity index (χ0) is 23.2. The fourth-order valence-corrected chi connectivity index (χ4v) is 3.78. The lowest BCUT2D eigenvalue weighted by atomic mass is 10.0. The van der Waals surface area contributed by atoms with Crippen LogP contribution in [0.4, 0.5) is 0 Å². The molecule has 5 aromatic rings. The third-order valence-electron chi connectivity index (χ3n) is 5.67. The first-order valence-electron chi connectivity index (χ1n) is 11.3. The molecule has 0 aliphatic heterocycles. The second kappa shape index (κ2) is 10.2. The van der Waals surface area contributed by atoms with Crippen molar-refractivity contribution in [2.75, 3.05) is 0 Å². The molecule has 34 heavy (non-hydrogen) atoms. The summed E-state index contributed by atoms with van der Waals surface area (Å²) in [4.78, 5) is 4.66. The molecule has 4 nitrogen and oxygen atoms in total. The van der Waals surface area contributed by atoms with Crippen molar-refractivity contribution in [1.29, 1.82) is 0 Å². The molecule has 0 amide bonds.